The van der Waals surface area contributed by atoms with Gasteiger partial charge >= 0.3 is 0 Å². The lowest BCUT2D eigenvalue weighted by Crippen LogP contribution is -2.28. The first-order valence-corrected chi connectivity index (χ1v) is 7.91. The molecule has 1 N–H and O–H groups in total. The highest BCUT2D eigenvalue weighted by molar-refractivity contribution is 5.43. The number of imidazole rings is 1. The molecule has 1 atom stereocenters. The smallest absolute Gasteiger partial charge is 0.208 e. The molecule has 0 radical (unpaired) electrons. The van der Waals surface area contributed by atoms with Crippen LogP contribution in [0.4, 0.5) is 5.95 Å². The van der Waals surface area contributed by atoms with E-state index in [1.165, 1.54) is 25.8 Å². The molecular weight excluding hydrogens is 260 g/mol. The van der Waals surface area contributed by atoms with Gasteiger partial charge in [0, 0.05) is 37.1 Å². The molecule has 4 heteroatoms. The molecular formula is C17H22N4. The number of rotatable bonds is 4. The van der Waals surface area contributed by atoms with Gasteiger partial charge in [-0.15, -0.1) is 0 Å². The summed E-state index contributed by atoms with van der Waals surface area (Å²) < 4.78 is 2.16. The van der Waals surface area contributed by atoms with E-state index in [1.807, 2.05) is 6.07 Å². The normalized spacial score (nSPS) is 22.6. The number of nitrogens with zero attached hydrogens (tertiary/aromatic N) is 3. The van der Waals surface area contributed by atoms with E-state index >= 15 is 0 Å². The number of para-hydroxylation sites is 1. The highest BCUT2D eigenvalue weighted by Crippen LogP contribution is 2.30. The molecule has 2 aliphatic rings. The van der Waals surface area contributed by atoms with Gasteiger partial charge in [-0.25, -0.2) is 4.98 Å². The van der Waals surface area contributed by atoms with Crippen LogP contribution in [-0.2, 0) is 0 Å². The van der Waals surface area contributed by atoms with Crippen molar-refractivity contribution in [2.75, 3.05) is 18.4 Å². The molecule has 1 saturated carbocycles. The van der Waals surface area contributed by atoms with Crippen molar-refractivity contribution in [1.82, 2.24) is 14.5 Å². The third-order valence-electron chi connectivity index (χ3n) is 4.48. The second kappa shape index (κ2) is 5.19. The molecule has 1 aromatic carbocycles. The van der Waals surface area contributed by atoms with E-state index in [0.29, 0.717) is 6.04 Å². The Bertz CT molecular complexity index is 615. The van der Waals surface area contributed by atoms with Crippen LogP contribution in [0.3, 0.4) is 0 Å². The molecule has 21 heavy (non-hydrogen) atoms. The molecule has 0 spiro atoms. The Balaban J connectivity index is 1.52. The molecule has 1 saturated heterocycles. The van der Waals surface area contributed by atoms with E-state index < -0.39 is 0 Å². The van der Waals surface area contributed by atoms with Crippen LogP contribution >= 0.6 is 0 Å². The molecule has 2 aromatic rings. The van der Waals surface area contributed by atoms with Gasteiger partial charge in [-0.3, -0.25) is 9.47 Å². The van der Waals surface area contributed by atoms with E-state index in [9.17, 15) is 0 Å². The molecule has 2 fully saturated rings. The lowest BCUT2D eigenvalue weighted by molar-refractivity contribution is 0.326. The summed E-state index contributed by atoms with van der Waals surface area (Å²) in [5.74, 6) is 0.973. The van der Waals surface area contributed by atoms with E-state index in [0.717, 1.165) is 29.9 Å². The highest BCUT2D eigenvalue weighted by atomic mass is 15.3. The van der Waals surface area contributed by atoms with Gasteiger partial charge in [0.25, 0.3) is 0 Å². The van der Waals surface area contributed by atoms with Crippen molar-refractivity contribution in [2.45, 2.75) is 38.3 Å². The zero-order valence-corrected chi connectivity index (χ0v) is 12.5. The van der Waals surface area contributed by atoms with Crippen LogP contribution in [-0.4, -0.2) is 39.6 Å². The largest absolute Gasteiger partial charge is 0.351 e. The SMILES string of the molecule is Cc1cn(-c2ccccc2)c(NC2CCN(C3CC3)C2)n1. The monoisotopic (exact) mass is 282 g/mol. The fraction of sp³-hybridized carbons (Fsp3) is 0.471. The van der Waals surface area contributed by atoms with Crippen LogP contribution in [0.25, 0.3) is 5.69 Å². The van der Waals surface area contributed by atoms with Gasteiger partial charge in [-0.1, -0.05) is 18.2 Å². The Labute approximate surface area is 125 Å². The number of hydrogen-bond acceptors (Lipinski definition) is 3. The summed E-state index contributed by atoms with van der Waals surface area (Å²) in [6, 6.07) is 11.8. The van der Waals surface area contributed by atoms with Gasteiger partial charge in [0.1, 0.15) is 0 Å². The van der Waals surface area contributed by atoms with Crippen molar-refractivity contribution < 1.29 is 0 Å². The predicted octanol–water partition coefficient (Wildman–Crippen LogP) is 2.83. The number of aryl methyl sites for hydroxylation is 1. The molecule has 1 aromatic heterocycles. The van der Waals surface area contributed by atoms with Crippen LogP contribution < -0.4 is 5.32 Å². The van der Waals surface area contributed by atoms with Crippen molar-refractivity contribution in [3.8, 4) is 5.69 Å². The molecule has 0 amide bonds. The fourth-order valence-electron chi connectivity index (χ4n) is 3.24. The number of benzene rings is 1. The maximum absolute atomic E-state index is 4.67. The van der Waals surface area contributed by atoms with Crippen LogP contribution in [0.15, 0.2) is 36.5 Å². The predicted molar refractivity (Wildman–Crippen MR) is 84.9 cm³/mol. The standard InChI is InChI=1S/C17H22N4/c1-13-11-21(16-5-3-2-4-6-16)17(18-13)19-14-9-10-20(12-14)15-7-8-15/h2-6,11,14-15H,7-10,12H2,1H3,(H,18,19). The first-order chi connectivity index (χ1) is 10.3. The number of anilines is 1. The molecule has 0 bridgehead atoms. The zero-order chi connectivity index (χ0) is 14.2. The Morgan fingerprint density at radius 1 is 1.14 bits per heavy atom. The molecule has 1 aliphatic carbocycles. The molecule has 4 nitrogen and oxygen atoms in total. The Hall–Kier alpha value is -1.81. The third kappa shape index (κ3) is 2.68. The van der Waals surface area contributed by atoms with Crippen molar-refractivity contribution in [1.29, 1.82) is 0 Å². The van der Waals surface area contributed by atoms with Crippen molar-refractivity contribution in [3.05, 3.63) is 42.2 Å². The first-order valence-electron chi connectivity index (χ1n) is 7.91. The summed E-state index contributed by atoms with van der Waals surface area (Å²) in [4.78, 5) is 7.29. The van der Waals surface area contributed by atoms with Crippen molar-refractivity contribution in [2.24, 2.45) is 0 Å². The van der Waals surface area contributed by atoms with E-state index in [-0.39, 0.29) is 0 Å². The summed E-state index contributed by atoms with van der Waals surface area (Å²) in [6.45, 7) is 4.44. The average molecular weight is 282 g/mol. The lowest BCUT2D eigenvalue weighted by atomic mass is 10.3. The van der Waals surface area contributed by atoms with Gasteiger partial charge in [-0.2, -0.15) is 0 Å². The number of hydrogen-bond donors (Lipinski definition) is 1. The third-order valence-corrected chi connectivity index (χ3v) is 4.48. The number of nitrogens with one attached hydrogen (secondary N) is 1. The first kappa shape index (κ1) is 12.9. The van der Waals surface area contributed by atoms with Crippen LogP contribution in [0.1, 0.15) is 25.0 Å². The lowest BCUT2D eigenvalue weighted by Gasteiger charge is -2.17. The molecule has 4 rings (SSSR count). The summed E-state index contributed by atoms with van der Waals surface area (Å²) >= 11 is 0. The van der Waals surface area contributed by atoms with Gasteiger partial charge in [0.15, 0.2) is 0 Å². The average Bonchev–Trinajstić information content (AvgIpc) is 3.14. The van der Waals surface area contributed by atoms with E-state index in [4.69, 9.17) is 0 Å². The zero-order valence-electron chi connectivity index (χ0n) is 12.5. The fourth-order valence-corrected chi connectivity index (χ4v) is 3.24. The molecule has 110 valence electrons. The number of aromatic nitrogens is 2. The quantitative estimate of drug-likeness (QED) is 0.936. The van der Waals surface area contributed by atoms with Gasteiger partial charge in [0.2, 0.25) is 5.95 Å². The summed E-state index contributed by atoms with van der Waals surface area (Å²) in [7, 11) is 0. The van der Waals surface area contributed by atoms with Crippen LogP contribution in [0.2, 0.25) is 0 Å². The summed E-state index contributed by atoms with van der Waals surface area (Å²) in [5, 5.41) is 3.65. The van der Waals surface area contributed by atoms with Crippen LogP contribution in [0.5, 0.6) is 0 Å². The molecule has 2 heterocycles. The van der Waals surface area contributed by atoms with Gasteiger partial charge < -0.3 is 5.32 Å². The summed E-state index contributed by atoms with van der Waals surface area (Å²) in [5.41, 5.74) is 2.22. The Morgan fingerprint density at radius 3 is 2.71 bits per heavy atom. The minimum atomic E-state index is 0.523. The maximum Gasteiger partial charge on any atom is 0.208 e. The minimum absolute atomic E-state index is 0.523. The molecule has 1 aliphatic heterocycles. The van der Waals surface area contributed by atoms with E-state index in [2.05, 4.69) is 57.2 Å². The number of likely N-dealkylation sites (tertiary alicyclic amines) is 1. The Morgan fingerprint density at radius 2 is 1.95 bits per heavy atom. The molecule has 1 unspecified atom stereocenters. The highest BCUT2D eigenvalue weighted by Gasteiger charge is 2.34. The van der Waals surface area contributed by atoms with Crippen molar-refractivity contribution >= 4 is 5.95 Å². The minimum Gasteiger partial charge on any atom is -0.351 e. The Kier molecular flexibility index (Phi) is 3.19. The second-order valence-corrected chi connectivity index (χ2v) is 6.27. The van der Waals surface area contributed by atoms with Crippen molar-refractivity contribution in [3.63, 3.8) is 0 Å². The van der Waals surface area contributed by atoms with Gasteiger partial charge in [-0.05, 0) is 38.3 Å². The van der Waals surface area contributed by atoms with E-state index in [1.54, 1.807) is 0 Å². The topological polar surface area (TPSA) is 33.1 Å². The maximum atomic E-state index is 4.67. The second-order valence-electron chi connectivity index (χ2n) is 6.27. The van der Waals surface area contributed by atoms with Crippen LogP contribution in [0, 0.1) is 6.92 Å². The van der Waals surface area contributed by atoms with Gasteiger partial charge in [0.05, 0.1) is 5.69 Å². The summed E-state index contributed by atoms with van der Waals surface area (Å²) in [6.07, 6.45) is 6.11.